The van der Waals surface area contributed by atoms with Gasteiger partial charge in [0.15, 0.2) is 0 Å². The van der Waals surface area contributed by atoms with Crippen LogP contribution >= 0.6 is 0 Å². The van der Waals surface area contributed by atoms with Crippen molar-refractivity contribution in [3.8, 4) is 0 Å². The molecular formula is C17H28N4O. The van der Waals surface area contributed by atoms with Gasteiger partial charge in [0.25, 0.3) is 0 Å². The quantitative estimate of drug-likeness (QED) is 0.782. The van der Waals surface area contributed by atoms with Gasteiger partial charge in [0.05, 0.1) is 0 Å². The summed E-state index contributed by atoms with van der Waals surface area (Å²) in [6.07, 6.45) is 3.54. The number of nitrogens with two attached hydrogens (primary N) is 1. The highest BCUT2D eigenvalue weighted by atomic mass is 16.2. The zero-order valence-corrected chi connectivity index (χ0v) is 13.6. The summed E-state index contributed by atoms with van der Waals surface area (Å²) in [5, 5.41) is 5.84. The van der Waals surface area contributed by atoms with Gasteiger partial charge in [-0.3, -0.25) is 4.90 Å². The van der Waals surface area contributed by atoms with Crippen molar-refractivity contribution < 1.29 is 4.79 Å². The molecule has 1 aromatic rings. The number of amides is 2. The number of para-hydroxylation sites is 1. The maximum atomic E-state index is 12.0. The molecule has 1 heterocycles. The first-order valence-electron chi connectivity index (χ1n) is 8.07. The van der Waals surface area contributed by atoms with Crippen molar-refractivity contribution in [2.24, 2.45) is 5.73 Å². The number of carbonyl (C=O) groups is 1. The number of hydrogen-bond donors (Lipinski definition) is 3. The average Bonchev–Trinajstić information content (AvgIpc) is 2.46. The van der Waals surface area contributed by atoms with Gasteiger partial charge in [-0.15, -0.1) is 0 Å². The highest BCUT2D eigenvalue weighted by Crippen LogP contribution is 2.18. The molecule has 1 aromatic carbocycles. The lowest BCUT2D eigenvalue weighted by Crippen LogP contribution is -2.54. The lowest BCUT2D eigenvalue weighted by molar-refractivity contribution is 0.122. The number of carbonyl (C=O) groups excluding carboxylic acids is 1. The molecule has 5 nitrogen and oxygen atoms in total. The van der Waals surface area contributed by atoms with Crippen molar-refractivity contribution in [1.29, 1.82) is 0 Å². The molecule has 0 spiro atoms. The highest BCUT2D eigenvalue weighted by molar-refractivity contribution is 5.89. The van der Waals surface area contributed by atoms with E-state index < -0.39 is 0 Å². The average molecular weight is 304 g/mol. The van der Waals surface area contributed by atoms with E-state index in [0.29, 0.717) is 12.6 Å². The molecule has 122 valence electrons. The highest BCUT2D eigenvalue weighted by Gasteiger charge is 2.26. The van der Waals surface area contributed by atoms with Crippen molar-refractivity contribution >= 4 is 11.7 Å². The SMILES string of the molecule is CC(C)(N)CN1CCCCC1CNC(=O)Nc1ccccc1. The molecular weight excluding hydrogens is 276 g/mol. The van der Waals surface area contributed by atoms with Crippen LogP contribution in [-0.4, -0.2) is 42.1 Å². The summed E-state index contributed by atoms with van der Waals surface area (Å²) in [7, 11) is 0. The van der Waals surface area contributed by atoms with Gasteiger partial charge in [-0.05, 0) is 45.4 Å². The molecule has 0 bridgehead atoms. The second-order valence-corrected chi connectivity index (χ2v) is 6.81. The molecule has 4 N–H and O–H groups in total. The van der Waals surface area contributed by atoms with Crippen molar-refractivity contribution in [3.63, 3.8) is 0 Å². The monoisotopic (exact) mass is 304 g/mol. The number of nitrogens with one attached hydrogen (secondary N) is 2. The van der Waals surface area contributed by atoms with Crippen LogP contribution in [0.4, 0.5) is 10.5 Å². The van der Waals surface area contributed by atoms with Crippen LogP contribution < -0.4 is 16.4 Å². The minimum atomic E-state index is -0.206. The van der Waals surface area contributed by atoms with Gasteiger partial charge in [0, 0.05) is 30.4 Å². The maximum Gasteiger partial charge on any atom is 0.319 e. The second-order valence-electron chi connectivity index (χ2n) is 6.81. The molecule has 1 aliphatic rings. The van der Waals surface area contributed by atoms with E-state index in [9.17, 15) is 4.79 Å². The Balaban J connectivity index is 1.82. The van der Waals surface area contributed by atoms with E-state index in [1.54, 1.807) is 0 Å². The molecule has 0 saturated carbocycles. The number of piperidine rings is 1. The molecule has 1 aliphatic heterocycles. The molecule has 1 atom stereocenters. The smallest absolute Gasteiger partial charge is 0.319 e. The molecule has 2 amide bonds. The Morgan fingerprint density at radius 1 is 1.32 bits per heavy atom. The number of likely N-dealkylation sites (tertiary alicyclic amines) is 1. The number of rotatable bonds is 5. The van der Waals surface area contributed by atoms with E-state index in [0.717, 1.165) is 25.2 Å². The Morgan fingerprint density at radius 2 is 2.05 bits per heavy atom. The van der Waals surface area contributed by atoms with Gasteiger partial charge >= 0.3 is 6.03 Å². The predicted molar refractivity (Wildman–Crippen MR) is 90.9 cm³/mol. The maximum absolute atomic E-state index is 12.0. The van der Waals surface area contributed by atoms with E-state index >= 15 is 0 Å². The summed E-state index contributed by atoms with van der Waals surface area (Å²) in [6, 6.07) is 9.72. The Hall–Kier alpha value is -1.59. The minimum Gasteiger partial charge on any atom is -0.336 e. The fourth-order valence-electron chi connectivity index (χ4n) is 2.93. The van der Waals surface area contributed by atoms with Gasteiger partial charge in [0.1, 0.15) is 0 Å². The normalized spacial score (nSPS) is 19.7. The molecule has 1 saturated heterocycles. The molecule has 1 fully saturated rings. The van der Waals surface area contributed by atoms with Crippen LogP contribution in [0, 0.1) is 0 Å². The zero-order valence-electron chi connectivity index (χ0n) is 13.6. The standard InChI is InChI=1S/C17H28N4O/c1-17(2,18)13-21-11-7-6-10-15(21)12-19-16(22)20-14-8-4-3-5-9-14/h3-5,8-9,15H,6-7,10-13,18H2,1-2H3,(H2,19,20,22). The van der Waals surface area contributed by atoms with Crippen molar-refractivity contribution in [1.82, 2.24) is 10.2 Å². The van der Waals surface area contributed by atoms with Gasteiger partial charge in [-0.2, -0.15) is 0 Å². The lowest BCUT2D eigenvalue weighted by Gasteiger charge is -2.39. The van der Waals surface area contributed by atoms with Gasteiger partial charge < -0.3 is 16.4 Å². The third-order valence-corrected chi connectivity index (χ3v) is 3.89. The summed E-state index contributed by atoms with van der Waals surface area (Å²) >= 11 is 0. The summed E-state index contributed by atoms with van der Waals surface area (Å²) in [4.78, 5) is 14.4. The van der Waals surface area contributed by atoms with Gasteiger partial charge in [0.2, 0.25) is 0 Å². The minimum absolute atomic E-state index is 0.149. The zero-order chi connectivity index (χ0) is 16.0. The topological polar surface area (TPSA) is 70.4 Å². The lowest BCUT2D eigenvalue weighted by atomic mass is 9.98. The number of benzene rings is 1. The molecule has 2 rings (SSSR count). The first-order valence-corrected chi connectivity index (χ1v) is 8.07. The van der Waals surface area contributed by atoms with Crippen molar-refractivity contribution in [2.45, 2.75) is 44.7 Å². The van der Waals surface area contributed by atoms with Gasteiger partial charge in [-0.25, -0.2) is 4.79 Å². The van der Waals surface area contributed by atoms with Crippen LogP contribution in [0.3, 0.4) is 0 Å². The third kappa shape index (κ3) is 5.66. The summed E-state index contributed by atoms with van der Waals surface area (Å²) in [5.74, 6) is 0. The Labute approximate surface area is 133 Å². The van der Waals surface area contributed by atoms with E-state index in [1.165, 1.54) is 12.8 Å². The van der Waals surface area contributed by atoms with E-state index in [4.69, 9.17) is 5.73 Å². The largest absolute Gasteiger partial charge is 0.336 e. The fourth-order valence-corrected chi connectivity index (χ4v) is 2.93. The number of hydrogen-bond acceptors (Lipinski definition) is 3. The molecule has 0 aromatic heterocycles. The van der Waals surface area contributed by atoms with Crippen LogP contribution in [0.5, 0.6) is 0 Å². The fraction of sp³-hybridized carbons (Fsp3) is 0.588. The Kier molecular flexibility index (Phi) is 5.80. The number of nitrogens with zero attached hydrogens (tertiary/aromatic N) is 1. The molecule has 5 heteroatoms. The van der Waals surface area contributed by atoms with Crippen LogP contribution in [-0.2, 0) is 0 Å². The van der Waals surface area contributed by atoms with Gasteiger partial charge in [-0.1, -0.05) is 24.6 Å². The second kappa shape index (κ2) is 7.61. The van der Waals surface area contributed by atoms with Crippen LogP contribution in [0.1, 0.15) is 33.1 Å². The van der Waals surface area contributed by atoms with Crippen LogP contribution in [0.15, 0.2) is 30.3 Å². The van der Waals surface area contributed by atoms with E-state index in [2.05, 4.69) is 15.5 Å². The Bertz CT molecular complexity index is 469. The molecule has 1 unspecified atom stereocenters. The summed E-state index contributed by atoms with van der Waals surface area (Å²) < 4.78 is 0. The van der Waals surface area contributed by atoms with Crippen molar-refractivity contribution in [3.05, 3.63) is 30.3 Å². The first kappa shape index (κ1) is 16.8. The number of urea groups is 1. The van der Waals surface area contributed by atoms with Crippen LogP contribution in [0.2, 0.25) is 0 Å². The van der Waals surface area contributed by atoms with E-state index in [1.807, 2.05) is 44.2 Å². The first-order chi connectivity index (χ1) is 10.4. The van der Waals surface area contributed by atoms with Crippen molar-refractivity contribution in [2.75, 3.05) is 25.0 Å². The molecule has 0 aliphatic carbocycles. The summed E-state index contributed by atoms with van der Waals surface area (Å²) in [6.45, 7) is 6.68. The van der Waals surface area contributed by atoms with Crippen LogP contribution in [0.25, 0.3) is 0 Å². The summed E-state index contributed by atoms with van der Waals surface area (Å²) in [5.41, 5.74) is 6.75. The third-order valence-electron chi connectivity index (χ3n) is 3.89. The number of anilines is 1. The Morgan fingerprint density at radius 3 is 2.73 bits per heavy atom. The predicted octanol–water partition coefficient (Wildman–Crippen LogP) is 2.40. The molecule has 0 radical (unpaired) electrons. The van der Waals surface area contributed by atoms with E-state index in [-0.39, 0.29) is 11.6 Å². The molecule has 22 heavy (non-hydrogen) atoms.